The SMILES string of the molecule is CC(CN(C)C)NC(=O)c1ccc(-c2cnc3ccc(NCC4CC4)nn23)cc1F. The molecule has 1 aliphatic rings. The highest BCUT2D eigenvalue weighted by Crippen LogP contribution is 2.29. The van der Waals surface area contributed by atoms with Crippen molar-refractivity contribution in [2.24, 2.45) is 5.92 Å². The second-order valence-corrected chi connectivity index (χ2v) is 8.29. The molecule has 1 atom stereocenters. The van der Waals surface area contributed by atoms with Crippen molar-refractivity contribution in [1.82, 2.24) is 24.8 Å². The second-order valence-electron chi connectivity index (χ2n) is 8.29. The summed E-state index contributed by atoms with van der Waals surface area (Å²) < 4.78 is 16.5. The van der Waals surface area contributed by atoms with Gasteiger partial charge in [-0.1, -0.05) is 6.07 Å². The number of carbonyl (C=O) groups is 1. The molecule has 1 aliphatic carbocycles. The number of hydrogen-bond acceptors (Lipinski definition) is 5. The average molecular weight is 410 g/mol. The molecule has 0 radical (unpaired) electrons. The summed E-state index contributed by atoms with van der Waals surface area (Å²) in [6.45, 7) is 3.48. The first kappa shape index (κ1) is 20.3. The number of amides is 1. The molecule has 2 heterocycles. The summed E-state index contributed by atoms with van der Waals surface area (Å²) in [4.78, 5) is 18.8. The minimum Gasteiger partial charge on any atom is -0.368 e. The van der Waals surface area contributed by atoms with Gasteiger partial charge in [-0.3, -0.25) is 4.79 Å². The maximum atomic E-state index is 14.8. The standard InChI is InChI=1S/C22H27FN6O/c1-14(13-28(2)3)26-22(30)17-7-6-16(10-18(17)23)19-12-25-21-9-8-20(27-29(19)21)24-11-15-4-5-15/h6-10,12,14-15H,4-5,11,13H2,1-3H3,(H,24,27)(H,26,30). The van der Waals surface area contributed by atoms with E-state index in [-0.39, 0.29) is 11.6 Å². The van der Waals surface area contributed by atoms with Gasteiger partial charge in [-0.15, -0.1) is 5.10 Å². The molecule has 1 amide bonds. The third-order valence-electron chi connectivity index (χ3n) is 5.16. The van der Waals surface area contributed by atoms with E-state index < -0.39 is 11.7 Å². The Labute approximate surface area is 175 Å². The predicted molar refractivity (Wildman–Crippen MR) is 115 cm³/mol. The molecule has 2 N–H and O–H groups in total. The van der Waals surface area contributed by atoms with Crippen molar-refractivity contribution < 1.29 is 9.18 Å². The van der Waals surface area contributed by atoms with E-state index in [1.165, 1.54) is 25.0 Å². The predicted octanol–water partition coefficient (Wildman–Crippen LogP) is 3.04. The number of imidazole rings is 1. The molecule has 0 aliphatic heterocycles. The summed E-state index contributed by atoms with van der Waals surface area (Å²) in [7, 11) is 3.85. The Morgan fingerprint density at radius 3 is 2.80 bits per heavy atom. The van der Waals surface area contributed by atoms with Crippen molar-refractivity contribution >= 4 is 17.4 Å². The van der Waals surface area contributed by atoms with Crippen molar-refractivity contribution in [3.8, 4) is 11.3 Å². The zero-order valence-corrected chi connectivity index (χ0v) is 17.5. The topological polar surface area (TPSA) is 74.6 Å². The molecule has 4 rings (SSSR count). The number of anilines is 1. The van der Waals surface area contributed by atoms with E-state index in [9.17, 15) is 9.18 Å². The number of aromatic nitrogens is 3. The van der Waals surface area contributed by atoms with Crippen LogP contribution in [0.5, 0.6) is 0 Å². The molecule has 7 nitrogen and oxygen atoms in total. The fourth-order valence-electron chi connectivity index (χ4n) is 3.49. The van der Waals surface area contributed by atoms with Crippen LogP contribution in [0.25, 0.3) is 16.9 Å². The Balaban J connectivity index is 1.55. The molecule has 1 aromatic carbocycles. The van der Waals surface area contributed by atoms with E-state index >= 15 is 0 Å². The Morgan fingerprint density at radius 2 is 2.10 bits per heavy atom. The highest BCUT2D eigenvalue weighted by Gasteiger charge is 2.21. The lowest BCUT2D eigenvalue weighted by atomic mass is 10.1. The number of likely N-dealkylation sites (N-methyl/N-ethyl adjacent to an activating group) is 1. The van der Waals surface area contributed by atoms with E-state index in [4.69, 9.17) is 0 Å². The highest BCUT2D eigenvalue weighted by atomic mass is 19.1. The van der Waals surface area contributed by atoms with Crippen LogP contribution in [-0.4, -0.2) is 58.6 Å². The molecule has 3 aromatic rings. The first-order valence-electron chi connectivity index (χ1n) is 10.2. The van der Waals surface area contributed by atoms with Gasteiger partial charge in [0.05, 0.1) is 17.5 Å². The fraction of sp³-hybridized carbons (Fsp3) is 0.409. The summed E-state index contributed by atoms with van der Waals surface area (Å²) in [6.07, 6.45) is 4.19. The maximum Gasteiger partial charge on any atom is 0.254 e. The molecule has 1 saturated carbocycles. The summed E-state index contributed by atoms with van der Waals surface area (Å²) in [6, 6.07) is 8.30. The normalized spacial score (nSPS) is 14.8. The van der Waals surface area contributed by atoms with Gasteiger partial charge >= 0.3 is 0 Å². The van der Waals surface area contributed by atoms with Crippen molar-refractivity contribution in [2.75, 3.05) is 32.5 Å². The van der Waals surface area contributed by atoms with Crippen molar-refractivity contribution in [2.45, 2.75) is 25.8 Å². The first-order chi connectivity index (χ1) is 14.4. The molecule has 1 unspecified atom stereocenters. The highest BCUT2D eigenvalue weighted by molar-refractivity contribution is 5.95. The average Bonchev–Trinajstić information content (AvgIpc) is 3.42. The molecule has 158 valence electrons. The number of carbonyl (C=O) groups excluding carboxylic acids is 1. The van der Waals surface area contributed by atoms with Crippen molar-refractivity contribution in [3.05, 3.63) is 47.9 Å². The van der Waals surface area contributed by atoms with Crippen LogP contribution in [0.3, 0.4) is 0 Å². The van der Waals surface area contributed by atoms with Gasteiger partial charge in [0.1, 0.15) is 11.6 Å². The van der Waals surface area contributed by atoms with Gasteiger partial charge in [0.2, 0.25) is 0 Å². The lowest BCUT2D eigenvalue weighted by Crippen LogP contribution is -2.39. The van der Waals surface area contributed by atoms with Crippen LogP contribution in [0, 0.1) is 11.7 Å². The molecule has 2 aromatic heterocycles. The van der Waals surface area contributed by atoms with Crippen LogP contribution in [0.4, 0.5) is 10.2 Å². The van der Waals surface area contributed by atoms with Crippen LogP contribution >= 0.6 is 0 Å². The zero-order valence-electron chi connectivity index (χ0n) is 17.5. The molecule has 30 heavy (non-hydrogen) atoms. The first-order valence-corrected chi connectivity index (χ1v) is 10.2. The number of fused-ring (bicyclic) bond motifs is 1. The lowest BCUT2D eigenvalue weighted by molar-refractivity contribution is 0.0930. The number of nitrogens with one attached hydrogen (secondary N) is 2. The third-order valence-corrected chi connectivity index (χ3v) is 5.16. The fourth-order valence-corrected chi connectivity index (χ4v) is 3.49. The van der Waals surface area contributed by atoms with Gasteiger partial charge in [0.25, 0.3) is 5.91 Å². The van der Waals surface area contributed by atoms with Crippen LogP contribution in [0.2, 0.25) is 0 Å². The van der Waals surface area contributed by atoms with Gasteiger partial charge in [-0.05, 0) is 64.0 Å². The Bertz CT molecular complexity index is 1060. The second kappa shape index (κ2) is 8.39. The number of nitrogens with zero attached hydrogens (tertiary/aromatic N) is 4. The number of hydrogen-bond donors (Lipinski definition) is 2. The van der Waals surface area contributed by atoms with E-state index in [0.717, 1.165) is 18.3 Å². The molecular weight excluding hydrogens is 383 g/mol. The quantitative estimate of drug-likeness (QED) is 0.597. The lowest BCUT2D eigenvalue weighted by Gasteiger charge is -2.18. The smallest absolute Gasteiger partial charge is 0.254 e. The number of benzene rings is 1. The molecule has 0 spiro atoms. The molecule has 0 saturated heterocycles. The van der Waals surface area contributed by atoms with Gasteiger partial charge < -0.3 is 15.5 Å². The van der Waals surface area contributed by atoms with Crippen molar-refractivity contribution in [1.29, 1.82) is 0 Å². The van der Waals surface area contributed by atoms with E-state index in [2.05, 4.69) is 20.7 Å². The minimum absolute atomic E-state index is 0.0259. The minimum atomic E-state index is -0.569. The Morgan fingerprint density at radius 1 is 1.30 bits per heavy atom. The largest absolute Gasteiger partial charge is 0.368 e. The van der Waals surface area contributed by atoms with Crippen molar-refractivity contribution in [3.63, 3.8) is 0 Å². The third kappa shape index (κ3) is 4.59. The number of rotatable bonds is 8. The zero-order chi connectivity index (χ0) is 21.3. The summed E-state index contributed by atoms with van der Waals surface area (Å²) in [5.41, 5.74) is 2.00. The van der Waals surface area contributed by atoms with Gasteiger partial charge in [-0.2, -0.15) is 0 Å². The maximum absolute atomic E-state index is 14.8. The molecule has 0 bridgehead atoms. The van der Waals surface area contributed by atoms with E-state index in [0.29, 0.717) is 23.4 Å². The summed E-state index contributed by atoms with van der Waals surface area (Å²) in [5, 5.41) is 10.8. The van der Waals surface area contributed by atoms with Crippen LogP contribution < -0.4 is 10.6 Å². The van der Waals surface area contributed by atoms with Crippen LogP contribution in [0.15, 0.2) is 36.5 Å². The molecular formula is C22H27FN6O. The summed E-state index contributed by atoms with van der Waals surface area (Å²) in [5.74, 6) is 0.509. The van der Waals surface area contributed by atoms with E-state index in [1.54, 1.807) is 16.8 Å². The van der Waals surface area contributed by atoms with E-state index in [1.807, 2.05) is 38.1 Å². The van der Waals surface area contributed by atoms with Gasteiger partial charge in [-0.25, -0.2) is 13.9 Å². The van der Waals surface area contributed by atoms with Gasteiger partial charge in [0, 0.05) is 24.7 Å². The molecule has 1 fully saturated rings. The Hall–Kier alpha value is -3.00. The summed E-state index contributed by atoms with van der Waals surface area (Å²) >= 11 is 0. The van der Waals surface area contributed by atoms with Gasteiger partial charge in [0.15, 0.2) is 5.65 Å². The monoisotopic (exact) mass is 410 g/mol. The Kier molecular flexibility index (Phi) is 5.67. The van der Waals surface area contributed by atoms with Crippen LogP contribution in [-0.2, 0) is 0 Å². The van der Waals surface area contributed by atoms with Crippen LogP contribution in [0.1, 0.15) is 30.1 Å². The number of halogens is 1. The molecule has 8 heteroatoms.